The Balaban J connectivity index is 3.12. The van der Waals surface area contributed by atoms with E-state index in [1.807, 2.05) is 27.7 Å². The highest BCUT2D eigenvalue weighted by atomic mass is 16.7. The molecule has 0 N–H and O–H groups in total. The van der Waals surface area contributed by atoms with Crippen LogP contribution in [0.15, 0.2) is 12.2 Å². The zero-order chi connectivity index (χ0) is 13.2. The van der Waals surface area contributed by atoms with Crippen LogP contribution in [0.4, 0.5) is 0 Å². The lowest BCUT2D eigenvalue weighted by molar-refractivity contribution is -0.272. The number of hydrogen-bond donors (Lipinski definition) is 0. The normalized spacial score (nSPS) is 22.7. The van der Waals surface area contributed by atoms with Crippen LogP contribution in [0.25, 0.3) is 0 Å². The Morgan fingerprint density at radius 2 is 1.41 bits per heavy atom. The van der Waals surface area contributed by atoms with Crippen LogP contribution >= 0.6 is 0 Å². The summed E-state index contributed by atoms with van der Waals surface area (Å²) in [5.74, 6) is -2.56. The molecule has 4 heteroatoms. The molecule has 1 heterocycles. The Morgan fingerprint density at radius 1 is 1.06 bits per heavy atom. The van der Waals surface area contributed by atoms with E-state index in [4.69, 9.17) is 9.47 Å². The van der Waals surface area contributed by atoms with Gasteiger partial charge in [-0.3, -0.25) is 0 Å². The van der Waals surface area contributed by atoms with Crippen molar-refractivity contribution in [1.29, 1.82) is 0 Å². The van der Waals surface area contributed by atoms with Gasteiger partial charge in [0, 0.05) is 11.8 Å². The third-order valence-electron chi connectivity index (χ3n) is 3.60. The third kappa shape index (κ3) is 2.21. The SMILES string of the molecule is C=C1C(=O)OC(C(C)CC)(C(C)CC)OC1=O. The molecule has 1 rings (SSSR count). The van der Waals surface area contributed by atoms with E-state index in [1.54, 1.807) is 0 Å². The fourth-order valence-corrected chi connectivity index (χ4v) is 1.97. The van der Waals surface area contributed by atoms with E-state index in [2.05, 4.69) is 6.58 Å². The van der Waals surface area contributed by atoms with Crippen molar-refractivity contribution in [3.05, 3.63) is 12.2 Å². The molecular formula is C13H20O4. The molecule has 1 saturated heterocycles. The van der Waals surface area contributed by atoms with Crippen LogP contribution in [0.1, 0.15) is 40.5 Å². The van der Waals surface area contributed by atoms with Crippen molar-refractivity contribution in [3.63, 3.8) is 0 Å². The van der Waals surface area contributed by atoms with Gasteiger partial charge in [-0.25, -0.2) is 9.59 Å². The molecule has 0 amide bonds. The van der Waals surface area contributed by atoms with E-state index in [-0.39, 0.29) is 17.4 Å². The van der Waals surface area contributed by atoms with Gasteiger partial charge in [-0.2, -0.15) is 0 Å². The molecule has 0 aromatic rings. The summed E-state index contributed by atoms with van der Waals surface area (Å²) in [5, 5.41) is 0. The number of rotatable bonds is 4. The number of carbonyl (C=O) groups is 2. The molecule has 0 spiro atoms. The summed E-state index contributed by atoms with van der Waals surface area (Å²) in [6.45, 7) is 11.1. The maximum atomic E-state index is 11.6. The Labute approximate surface area is 102 Å². The minimum absolute atomic E-state index is 0.0431. The van der Waals surface area contributed by atoms with Crippen LogP contribution in [0, 0.1) is 11.8 Å². The molecule has 0 bridgehead atoms. The summed E-state index contributed by atoms with van der Waals surface area (Å²) < 4.78 is 10.8. The van der Waals surface area contributed by atoms with E-state index < -0.39 is 17.7 Å². The largest absolute Gasteiger partial charge is 0.418 e. The first-order chi connectivity index (χ1) is 7.89. The van der Waals surface area contributed by atoms with Gasteiger partial charge in [-0.1, -0.05) is 34.3 Å². The van der Waals surface area contributed by atoms with E-state index >= 15 is 0 Å². The Morgan fingerprint density at radius 3 is 1.71 bits per heavy atom. The maximum Gasteiger partial charge on any atom is 0.348 e. The average Bonchev–Trinajstić information content (AvgIpc) is 2.33. The van der Waals surface area contributed by atoms with Crippen molar-refractivity contribution in [2.75, 3.05) is 0 Å². The highest BCUT2D eigenvalue weighted by molar-refractivity contribution is 6.14. The van der Waals surface area contributed by atoms with Crippen LogP contribution in [-0.4, -0.2) is 17.7 Å². The average molecular weight is 240 g/mol. The summed E-state index contributed by atoms with van der Waals surface area (Å²) in [6.07, 6.45) is 1.52. The molecule has 0 radical (unpaired) electrons. The number of esters is 2. The van der Waals surface area contributed by atoms with Crippen LogP contribution in [-0.2, 0) is 19.1 Å². The first-order valence-electron chi connectivity index (χ1n) is 6.04. The second-order valence-electron chi connectivity index (χ2n) is 4.60. The molecule has 1 aliphatic rings. The lowest BCUT2D eigenvalue weighted by Gasteiger charge is -2.43. The van der Waals surface area contributed by atoms with Gasteiger partial charge < -0.3 is 9.47 Å². The molecule has 0 aliphatic carbocycles. The van der Waals surface area contributed by atoms with Crippen molar-refractivity contribution in [2.24, 2.45) is 11.8 Å². The molecule has 0 aromatic carbocycles. The van der Waals surface area contributed by atoms with E-state index in [1.165, 1.54) is 0 Å². The molecule has 17 heavy (non-hydrogen) atoms. The summed E-state index contributed by atoms with van der Waals surface area (Å²) in [7, 11) is 0. The van der Waals surface area contributed by atoms with Gasteiger partial charge in [-0.15, -0.1) is 0 Å². The highest BCUT2D eigenvalue weighted by Gasteiger charge is 2.52. The lowest BCUT2D eigenvalue weighted by atomic mass is 9.84. The summed E-state index contributed by atoms with van der Waals surface area (Å²) >= 11 is 0. The van der Waals surface area contributed by atoms with Crippen molar-refractivity contribution in [3.8, 4) is 0 Å². The quantitative estimate of drug-likeness (QED) is 0.430. The number of hydrogen-bond acceptors (Lipinski definition) is 4. The van der Waals surface area contributed by atoms with Crippen molar-refractivity contribution in [1.82, 2.24) is 0 Å². The van der Waals surface area contributed by atoms with Gasteiger partial charge in [0.2, 0.25) is 0 Å². The molecule has 2 atom stereocenters. The van der Waals surface area contributed by atoms with E-state index in [0.29, 0.717) is 0 Å². The zero-order valence-electron chi connectivity index (χ0n) is 10.9. The van der Waals surface area contributed by atoms with E-state index in [0.717, 1.165) is 12.8 Å². The second kappa shape index (κ2) is 4.90. The monoisotopic (exact) mass is 240 g/mol. The van der Waals surface area contributed by atoms with Gasteiger partial charge in [0.05, 0.1) is 0 Å². The van der Waals surface area contributed by atoms with Crippen molar-refractivity contribution >= 4 is 11.9 Å². The van der Waals surface area contributed by atoms with Gasteiger partial charge in [0.1, 0.15) is 5.57 Å². The summed E-state index contributed by atoms with van der Waals surface area (Å²) in [4.78, 5) is 23.3. The Kier molecular flexibility index (Phi) is 3.96. The molecule has 1 fully saturated rings. The second-order valence-corrected chi connectivity index (χ2v) is 4.60. The van der Waals surface area contributed by atoms with Gasteiger partial charge in [-0.05, 0) is 12.8 Å². The smallest absolute Gasteiger partial charge is 0.348 e. The molecular weight excluding hydrogens is 220 g/mol. The topological polar surface area (TPSA) is 52.6 Å². The first kappa shape index (κ1) is 13.7. The minimum Gasteiger partial charge on any atom is -0.418 e. The fourth-order valence-electron chi connectivity index (χ4n) is 1.97. The Hall–Kier alpha value is -1.32. The van der Waals surface area contributed by atoms with Gasteiger partial charge >= 0.3 is 11.9 Å². The summed E-state index contributed by atoms with van der Waals surface area (Å²) in [5.41, 5.74) is -0.229. The number of ether oxygens (including phenoxy) is 2. The lowest BCUT2D eigenvalue weighted by Crippen LogP contribution is -2.54. The van der Waals surface area contributed by atoms with Crippen LogP contribution in [0.3, 0.4) is 0 Å². The van der Waals surface area contributed by atoms with Gasteiger partial charge in [0.15, 0.2) is 0 Å². The maximum absolute atomic E-state index is 11.6. The first-order valence-corrected chi connectivity index (χ1v) is 6.04. The highest BCUT2D eigenvalue weighted by Crippen LogP contribution is 2.39. The number of cyclic esters (lactones) is 2. The van der Waals surface area contributed by atoms with E-state index in [9.17, 15) is 9.59 Å². The molecule has 96 valence electrons. The fraction of sp³-hybridized carbons (Fsp3) is 0.692. The van der Waals surface area contributed by atoms with Crippen molar-refractivity contribution in [2.45, 2.75) is 46.3 Å². The third-order valence-corrected chi connectivity index (χ3v) is 3.60. The molecule has 4 nitrogen and oxygen atoms in total. The molecule has 2 unspecified atom stereocenters. The van der Waals surface area contributed by atoms with Gasteiger partial charge in [0.25, 0.3) is 5.79 Å². The molecule has 0 aromatic heterocycles. The number of carbonyl (C=O) groups excluding carboxylic acids is 2. The standard InChI is InChI=1S/C13H20O4/c1-6-8(3)13(9(4)7-2)16-11(14)10(5)12(15)17-13/h8-9H,5-7H2,1-4H3. The van der Waals surface area contributed by atoms with Crippen LogP contribution in [0.5, 0.6) is 0 Å². The predicted octanol–water partition coefficient (Wildman–Crippen LogP) is 2.43. The van der Waals surface area contributed by atoms with Crippen molar-refractivity contribution < 1.29 is 19.1 Å². The zero-order valence-corrected chi connectivity index (χ0v) is 10.9. The summed E-state index contributed by atoms with van der Waals surface area (Å²) in [6, 6.07) is 0. The minimum atomic E-state index is -1.14. The van der Waals surface area contributed by atoms with Crippen LogP contribution < -0.4 is 0 Å². The van der Waals surface area contributed by atoms with Crippen LogP contribution in [0.2, 0.25) is 0 Å². The predicted molar refractivity (Wildman–Crippen MR) is 63.0 cm³/mol. The Bertz CT molecular complexity index is 313. The molecule has 0 saturated carbocycles. The molecule has 1 aliphatic heterocycles.